The predicted octanol–water partition coefficient (Wildman–Crippen LogP) is 7.38. The Labute approximate surface area is 170 Å². The monoisotopic (exact) mass is 382 g/mol. The SMILES string of the molecule is CCCCCCCC1CCC(CCc2cnc(-c3ccc(F)cc3)nc2)CC1. The van der Waals surface area contributed by atoms with Crippen molar-refractivity contribution in [2.45, 2.75) is 84.0 Å². The van der Waals surface area contributed by atoms with Crippen LogP contribution in [-0.2, 0) is 6.42 Å². The zero-order valence-corrected chi connectivity index (χ0v) is 17.4. The van der Waals surface area contributed by atoms with Crippen LogP contribution in [0.2, 0.25) is 0 Å². The second kappa shape index (κ2) is 11.3. The molecule has 0 unspecified atom stereocenters. The van der Waals surface area contributed by atoms with Crippen molar-refractivity contribution in [3.8, 4) is 11.4 Å². The molecule has 0 radical (unpaired) electrons. The third-order valence-corrected chi connectivity index (χ3v) is 6.33. The zero-order chi connectivity index (χ0) is 19.6. The summed E-state index contributed by atoms with van der Waals surface area (Å²) in [5, 5.41) is 0. The normalized spacial score (nSPS) is 19.6. The standard InChI is InChI=1S/C25H35FN2/c1-2-3-4-5-6-7-20-8-10-21(11-9-20)12-13-22-18-27-25(28-19-22)23-14-16-24(26)17-15-23/h14-21H,2-13H2,1H3. The van der Waals surface area contributed by atoms with Crippen LogP contribution in [0.15, 0.2) is 36.7 Å². The molecule has 0 aliphatic heterocycles. The molecule has 1 aliphatic rings. The van der Waals surface area contributed by atoms with Gasteiger partial charge in [-0.1, -0.05) is 71.1 Å². The Morgan fingerprint density at radius 3 is 2.07 bits per heavy atom. The van der Waals surface area contributed by atoms with Crippen LogP contribution in [0.3, 0.4) is 0 Å². The van der Waals surface area contributed by atoms with Crippen molar-refractivity contribution in [2.24, 2.45) is 11.8 Å². The van der Waals surface area contributed by atoms with E-state index in [2.05, 4.69) is 16.9 Å². The van der Waals surface area contributed by atoms with Crippen LogP contribution in [0, 0.1) is 17.7 Å². The molecule has 1 saturated carbocycles. The molecule has 1 aromatic heterocycles. The van der Waals surface area contributed by atoms with Crippen LogP contribution in [0.5, 0.6) is 0 Å². The van der Waals surface area contributed by atoms with Crippen LogP contribution in [-0.4, -0.2) is 9.97 Å². The Hall–Kier alpha value is -1.77. The number of hydrogen-bond acceptors (Lipinski definition) is 2. The molecule has 0 bridgehead atoms. The minimum atomic E-state index is -0.230. The first-order valence-corrected chi connectivity index (χ1v) is 11.3. The van der Waals surface area contributed by atoms with E-state index in [1.807, 2.05) is 12.4 Å². The lowest BCUT2D eigenvalue weighted by Crippen LogP contribution is -2.15. The maximum atomic E-state index is 13.0. The molecule has 1 fully saturated rings. The number of aromatic nitrogens is 2. The van der Waals surface area contributed by atoms with Gasteiger partial charge in [0.15, 0.2) is 5.82 Å². The highest BCUT2D eigenvalue weighted by Gasteiger charge is 2.20. The van der Waals surface area contributed by atoms with Gasteiger partial charge in [-0.3, -0.25) is 0 Å². The van der Waals surface area contributed by atoms with Gasteiger partial charge in [-0.15, -0.1) is 0 Å². The minimum absolute atomic E-state index is 0.230. The number of rotatable bonds is 10. The van der Waals surface area contributed by atoms with E-state index in [0.29, 0.717) is 5.82 Å². The van der Waals surface area contributed by atoms with Crippen LogP contribution in [0.25, 0.3) is 11.4 Å². The van der Waals surface area contributed by atoms with Crippen molar-refractivity contribution < 1.29 is 4.39 Å². The van der Waals surface area contributed by atoms with Crippen LogP contribution in [0.1, 0.15) is 83.1 Å². The summed E-state index contributed by atoms with van der Waals surface area (Å²) in [5.41, 5.74) is 2.07. The number of benzene rings is 1. The third-order valence-electron chi connectivity index (χ3n) is 6.33. The first-order chi connectivity index (χ1) is 13.7. The van der Waals surface area contributed by atoms with E-state index in [4.69, 9.17) is 0 Å². The number of unbranched alkanes of at least 4 members (excludes halogenated alkanes) is 4. The number of hydrogen-bond donors (Lipinski definition) is 0. The van der Waals surface area contributed by atoms with Gasteiger partial charge in [-0.05, 0) is 54.5 Å². The summed E-state index contributed by atoms with van der Waals surface area (Å²) in [6.45, 7) is 2.29. The predicted molar refractivity (Wildman–Crippen MR) is 115 cm³/mol. The summed E-state index contributed by atoms with van der Waals surface area (Å²) in [4.78, 5) is 8.95. The van der Waals surface area contributed by atoms with Gasteiger partial charge in [0.2, 0.25) is 0 Å². The Kier molecular flexibility index (Phi) is 8.44. The van der Waals surface area contributed by atoms with Crippen molar-refractivity contribution in [1.29, 1.82) is 0 Å². The van der Waals surface area contributed by atoms with Gasteiger partial charge in [0.25, 0.3) is 0 Å². The molecule has 152 valence electrons. The maximum absolute atomic E-state index is 13.0. The smallest absolute Gasteiger partial charge is 0.159 e. The molecular weight excluding hydrogens is 347 g/mol. The van der Waals surface area contributed by atoms with E-state index in [0.717, 1.165) is 23.8 Å². The topological polar surface area (TPSA) is 25.8 Å². The lowest BCUT2D eigenvalue weighted by Gasteiger charge is -2.28. The van der Waals surface area contributed by atoms with E-state index in [9.17, 15) is 4.39 Å². The lowest BCUT2D eigenvalue weighted by molar-refractivity contribution is 0.248. The van der Waals surface area contributed by atoms with Crippen LogP contribution < -0.4 is 0 Å². The van der Waals surface area contributed by atoms with E-state index in [1.165, 1.54) is 88.3 Å². The van der Waals surface area contributed by atoms with Gasteiger partial charge in [-0.2, -0.15) is 0 Å². The van der Waals surface area contributed by atoms with Crippen molar-refractivity contribution in [1.82, 2.24) is 9.97 Å². The van der Waals surface area contributed by atoms with E-state index >= 15 is 0 Å². The number of nitrogens with zero attached hydrogens (tertiary/aromatic N) is 2. The van der Waals surface area contributed by atoms with Gasteiger partial charge in [0, 0.05) is 18.0 Å². The molecule has 1 aromatic carbocycles. The third kappa shape index (κ3) is 6.68. The second-order valence-corrected chi connectivity index (χ2v) is 8.55. The average Bonchev–Trinajstić information content (AvgIpc) is 2.74. The summed E-state index contributed by atoms with van der Waals surface area (Å²) in [6.07, 6.45) is 20.3. The fourth-order valence-corrected chi connectivity index (χ4v) is 4.45. The first-order valence-electron chi connectivity index (χ1n) is 11.3. The number of halogens is 1. The average molecular weight is 383 g/mol. The first kappa shape index (κ1) is 21.0. The summed E-state index contributed by atoms with van der Waals surface area (Å²) < 4.78 is 13.0. The van der Waals surface area contributed by atoms with E-state index in [1.54, 1.807) is 12.1 Å². The van der Waals surface area contributed by atoms with Gasteiger partial charge in [0.05, 0.1) is 0 Å². The van der Waals surface area contributed by atoms with Crippen LogP contribution in [0.4, 0.5) is 4.39 Å². The highest BCUT2D eigenvalue weighted by Crippen LogP contribution is 2.34. The molecule has 0 spiro atoms. The summed E-state index contributed by atoms with van der Waals surface area (Å²) >= 11 is 0. The van der Waals surface area contributed by atoms with Gasteiger partial charge in [-0.25, -0.2) is 14.4 Å². The number of aryl methyl sites for hydroxylation is 1. The molecule has 2 aromatic rings. The summed E-state index contributed by atoms with van der Waals surface area (Å²) in [7, 11) is 0. The van der Waals surface area contributed by atoms with E-state index < -0.39 is 0 Å². The molecule has 1 aliphatic carbocycles. The molecule has 0 amide bonds. The fourth-order valence-electron chi connectivity index (χ4n) is 4.45. The Morgan fingerprint density at radius 1 is 0.821 bits per heavy atom. The van der Waals surface area contributed by atoms with E-state index in [-0.39, 0.29) is 5.82 Å². The molecule has 3 rings (SSSR count). The molecule has 3 heteroatoms. The maximum Gasteiger partial charge on any atom is 0.159 e. The Morgan fingerprint density at radius 2 is 1.43 bits per heavy atom. The lowest BCUT2D eigenvalue weighted by atomic mass is 9.78. The summed E-state index contributed by atoms with van der Waals surface area (Å²) in [5.74, 6) is 2.29. The molecule has 28 heavy (non-hydrogen) atoms. The van der Waals surface area contributed by atoms with Crippen molar-refractivity contribution in [3.05, 3.63) is 48.0 Å². The molecule has 2 nitrogen and oxygen atoms in total. The van der Waals surface area contributed by atoms with Crippen molar-refractivity contribution in [2.75, 3.05) is 0 Å². The van der Waals surface area contributed by atoms with Crippen LogP contribution >= 0.6 is 0 Å². The van der Waals surface area contributed by atoms with Gasteiger partial charge < -0.3 is 0 Å². The summed E-state index contributed by atoms with van der Waals surface area (Å²) in [6, 6.07) is 6.36. The Balaban J connectivity index is 1.35. The van der Waals surface area contributed by atoms with Gasteiger partial charge in [0.1, 0.15) is 5.82 Å². The molecule has 1 heterocycles. The quantitative estimate of drug-likeness (QED) is 0.400. The minimum Gasteiger partial charge on any atom is -0.236 e. The Bertz CT molecular complexity index is 673. The van der Waals surface area contributed by atoms with Crippen molar-refractivity contribution >= 4 is 0 Å². The second-order valence-electron chi connectivity index (χ2n) is 8.55. The molecule has 0 N–H and O–H groups in total. The van der Waals surface area contributed by atoms with Crippen molar-refractivity contribution in [3.63, 3.8) is 0 Å². The largest absolute Gasteiger partial charge is 0.236 e. The fraction of sp³-hybridized carbons (Fsp3) is 0.600. The molecule has 0 atom stereocenters. The van der Waals surface area contributed by atoms with Gasteiger partial charge >= 0.3 is 0 Å². The molecular formula is C25H35FN2. The molecule has 0 saturated heterocycles. The highest BCUT2D eigenvalue weighted by molar-refractivity contribution is 5.54. The zero-order valence-electron chi connectivity index (χ0n) is 17.4. The highest BCUT2D eigenvalue weighted by atomic mass is 19.1.